The fraction of sp³-hybridized carbons (Fsp3) is 0.536. The van der Waals surface area contributed by atoms with Crippen LogP contribution in [0, 0.1) is 11.7 Å². The highest BCUT2D eigenvalue weighted by atomic mass is 32.2. The van der Waals surface area contributed by atoms with Gasteiger partial charge in [-0.25, -0.2) is 17.8 Å². The monoisotopic (exact) mass is 510 g/mol. The summed E-state index contributed by atoms with van der Waals surface area (Å²) in [6.45, 7) is 3.26. The molecular weight excluding hydrogens is 475 g/mol. The number of piperidine rings is 2. The number of hydrogen-bond donors (Lipinski definition) is 1. The van der Waals surface area contributed by atoms with Crippen LogP contribution in [-0.2, 0) is 16.9 Å². The molecule has 1 aromatic heterocycles. The van der Waals surface area contributed by atoms with Crippen molar-refractivity contribution < 1.29 is 12.8 Å². The van der Waals surface area contributed by atoms with Gasteiger partial charge >= 0.3 is 0 Å². The minimum absolute atomic E-state index is 0.140. The van der Waals surface area contributed by atoms with Gasteiger partial charge < -0.3 is 9.88 Å². The number of nitrogens with zero attached hydrogens (tertiary/aromatic N) is 3. The Morgan fingerprint density at radius 3 is 2.42 bits per heavy atom. The number of aromatic nitrogens is 2. The lowest BCUT2D eigenvalue weighted by Gasteiger charge is -2.45. The summed E-state index contributed by atoms with van der Waals surface area (Å²) in [5, 5.41) is 3.49. The third kappa shape index (κ3) is 4.48. The summed E-state index contributed by atoms with van der Waals surface area (Å²) in [6.07, 6.45) is 8.27. The summed E-state index contributed by atoms with van der Waals surface area (Å²) in [4.78, 5) is 7.90. The standard InChI is InChI=1S/C28H35FN4O2S/c1-32-27-17-24(29)23(16-25(27)31-28(32)19-5-7-22(8-6-19)36(2,34)35)20-11-14-33(21-9-12-30-13-10-21)26(15-20)18-3-4-18/h5-8,16-18,20-21,26,30H,3-4,9-15H2,1-2H3/t20?,26-/m1/s1. The second-order valence-electron chi connectivity index (χ2n) is 11.0. The minimum Gasteiger partial charge on any atom is -0.327 e. The maximum absolute atomic E-state index is 15.5. The number of fused-ring (bicyclic) bond motifs is 1. The smallest absolute Gasteiger partial charge is 0.175 e. The summed E-state index contributed by atoms with van der Waals surface area (Å²) in [7, 11) is -1.38. The van der Waals surface area contributed by atoms with Crippen LogP contribution >= 0.6 is 0 Å². The molecule has 2 aliphatic heterocycles. The van der Waals surface area contributed by atoms with E-state index in [4.69, 9.17) is 4.98 Å². The third-order valence-electron chi connectivity index (χ3n) is 8.61. The van der Waals surface area contributed by atoms with Crippen LogP contribution in [0.1, 0.15) is 50.0 Å². The molecule has 0 amide bonds. The number of sulfone groups is 1. The van der Waals surface area contributed by atoms with Gasteiger partial charge in [-0.3, -0.25) is 4.90 Å². The predicted octanol–water partition coefficient (Wildman–Crippen LogP) is 4.49. The first-order chi connectivity index (χ1) is 17.3. The molecule has 1 unspecified atom stereocenters. The fourth-order valence-corrected chi connectivity index (χ4v) is 7.12. The average molecular weight is 511 g/mol. The minimum atomic E-state index is -3.26. The largest absolute Gasteiger partial charge is 0.327 e. The van der Waals surface area contributed by atoms with E-state index in [-0.39, 0.29) is 16.6 Å². The van der Waals surface area contributed by atoms with Gasteiger partial charge in [-0.05, 0) is 106 Å². The molecule has 1 N–H and O–H groups in total. The van der Waals surface area contributed by atoms with Crippen molar-refractivity contribution >= 4 is 20.9 Å². The van der Waals surface area contributed by atoms with E-state index in [0.29, 0.717) is 17.9 Å². The lowest BCUT2D eigenvalue weighted by atomic mass is 9.81. The Balaban J connectivity index is 1.29. The zero-order chi connectivity index (χ0) is 25.0. The summed E-state index contributed by atoms with van der Waals surface area (Å²) >= 11 is 0. The molecule has 8 heteroatoms. The molecule has 1 aliphatic carbocycles. The maximum atomic E-state index is 15.5. The molecule has 192 valence electrons. The Bertz CT molecular complexity index is 1370. The molecule has 36 heavy (non-hydrogen) atoms. The van der Waals surface area contributed by atoms with Gasteiger partial charge in [0.05, 0.1) is 15.9 Å². The van der Waals surface area contributed by atoms with Crippen LogP contribution in [0.5, 0.6) is 0 Å². The van der Waals surface area contributed by atoms with Gasteiger partial charge in [0, 0.05) is 37.0 Å². The van der Waals surface area contributed by atoms with Gasteiger partial charge in [-0.1, -0.05) is 0 Å². The van der Waals surface area contributed by atoms with E-state index in [0.717, 1.165) is 60.6 Å². The molecule has 0 radical (unpaired) electrons. The highest BCUT2D eigenvalue weighted by Crippen LogP contribution is 2.45. The summed E-state index contributed by atoms with van der Waals surface area (Å²) in [6, 6.07) is 11.6. The molecule has 3 heterocycles. The number of rotatable bonds is 5. The van der Waals surface area contributed by atoms with E-state index in [1.165, 1.54) is 31.9 Å². The lowest BCUT2D eigenvalue weighted by molar-refractivity contribution is 0.0552. The molecule has 6 rings (SSSR count). The van der Waals surface area contributed by atoms with Crippen LogP contribution in [0.3, 0.4) is 0 Å². The number of nitrogens with one attached hydrogen (secondary N) is 1. The molecule has 1 saturated carbocycles. The second-order valence-corrected chi connectivity index (χ2v) is 13.0. The van der Waals surface area contributed by atoms with Crippen molar-refractivity contribution in [3.63, 3.8) is 0 Å². The number of halogens is 1. The predicted molar refractivity (Wildman–Crippen MR) is 140 cm³/mol. The quantitative estimate of drug-likeness (QED) is 0.548. The van der Waals surface area contributed by atoms with Gasteiger partial charge in [0.25, 0.3) is 0 Å². The Kier molecular flexibility index (Phi) is 6.17. The van der Waals surface area contributed by atoms with E-state index in [1.54, 1.807) is 30.3 Å². The van der Waals surface area contributed by atoms with Gasteiger partial charge in [0.15, 0.2) is 9.84 Å². The number of benzene rings is 2. The Morgan fingerprint density at radius 2 is 1.75 bits per heavy atom. The normalized spacial score (nSPS) is 24.4. The fourth-order valence-electron chi connectivity index (χ4n) is 6.49. The first-order valence-electron chi connectivity index (χ1n) is 13.2. The highest BCUT2D eigenvalue weighted by molar-refractivity contribution is 7.90. The molecule has 0 spiro atoms. The van der Waals surface area contributed by atoms with E-state index >= 15 is 4.39 Å². The molecule has 3 aliphatic rings. The summed E-state index contributed by atoms with van der Waals surface area (Å²) in [5.74, 6) is 1.56. The van der Waals surface area contributed by atoms with Crippen molar-refractivity contribution in [2.24, 2.45) is 13.0 Å². The summed E-state index contributed by atoms with van der Waals surface area (Å²) < 4.78 is 41.1. The van der Waals surface area contributed by atoms with E-state index in [9.17, 15) is 8.42 Å². The van der Waals surface area contributed by atoms with Crippen molar-refractivity contribution in [2.45, 2.75) is 61.4 Å². The molecule has 2 aromatic carbocycles. The first-order valence-corrected chi connectivity index (χ1v) is 15.1. The lowest BCUT2D eigenvalue weighted by Crippen LogP contribution is -2.52. The molecule has 2 atom stereocenters. The maximum Gasteiger partial charge on any atom is 0.175 e. The van der Waals surface area contributed by atoms with Crippen molar-refractivity contribution in [1.82, 2.24) is 19.8 Å². The van der Waals surface area contributed by atoms with Crippen LogP contribution in [0.2, 0.25) is 0 Å². The summed E-state index contributed by atoms with van der Waals surface area (Å²) in [5.41, 5.74) is 3.16. The van der Waals surface area contributed by atoms with Crippen LogP contribution in [-0.4, -0.2) is 60.8 Å². The van der Waals surface area contributed by atoms with Crippen LogP contribution in [0.25, 0.3) is 22.4 Å². The van der Waals surface area contributed by atoms with Gasteiger partial charge in [-0.2, -0.15) is 0 Å². The van der Waals surface area contributed by atoms with Crippen LogP contribution in [0.15, 0.2) is 41.3 Å². The molecule has 3 fully saturated rings. The third-order valence-corrected chi connectivity index (χ3v) is 9.74. The van der Waals surface area contributed by atoms with E-state index in [1.807, 2.05) is 17.7 Å². The van der Waals surface area contributed by atoms with E-state index < -0.39 is 9.84 Å². The van der Waals surface area contributed by atoms with Gasteiger partial charge in [0.2, 0.25) is 0 Å². The molecule has 0 bridgehead atoms. The van der Waals surface area contributed by atoms with Crippen molar-refractivity contribution in [3.05, 3.63) is 47.8 Å². The van der Waals surface area contributed by atoms with Crippen molar-refractivity contribution in [3.8, 4) is 11.4 Å². The van der Waals surface area contributed by atoms with Gasteiger partial charge in [-0.15, -0.1) is 0 Å². The van der Waals surface area contributed by atoms with Crippen molar-refractivity contribution in [1.29, 1.82) is 0 Å². The number of hydrogen-bond acceptors (Lipinski definition) is 5. The average Bonchev–Trinajstić information content (AvgIpc) is 3.68. The van der Waals surface area contributed by atoms with E-state index in [2.05, 4.69) is 10.2 Å². The highest BCUT2D eigenvalue weighted by Gasteiger charge is 2.42. The Morgan fingerprint density at radius 1 is 1.03 bits per heavy atom. The second kappa shape index (κ2) is 9.23. The molecular formula is C28H35FN4O2S. The van der Waals surface area contributed by atoms with Gasteiger partial charge in [0.1, 0.15) is 11.6 Å². The van der Waals surface area contributed by atoms with Crippen molar-refractivity contribution in [2.75, 3.05) is 25.9 Å². The van der Waals surface area contributed by atoms with Crippen LogP contribution in [0.4, 0.5) is 4.39 Å². The Hall–Kier alpha value is -2.29. The SMILES string of the molecule is Cn1c(-c2ccc(S(C)(=O)=O)cc2)nc2cc(C3CCN(C4CCNCC4)[C@@H](C4CC4)C3)c(F)cc21. The number of aryl methyl sites for hydroxylation is 1. The molecule has 2 saturated heterocycles. The zero-order valence-corrected chi connectivity index (χ0v) is 21.9. The topological polar surface area (TPSA) is 67.2 Å². The molecule has 6 nitrogen and oxygen atoms in total. The van der Waals surface area contributed by atoms with Crippen LogP contribution < -0.4 is 5.32 Å². The Labute approximate surface area is 212 Å². The number of likely N-dealkylation sites (tertiary alicyclic amines) is 1. The molecule has 3 aromatic rings. The first kappa shape index (κ1) is 24.1. The number of imidazole rings is 1. The zero-order valence-electron chi connectivity index (χ0n) is 21.1.